The first-order valence-electron chi connectivity index (χ1n) is 10.8. The second-order valence-corrected chi connectivity index (χ2v) is 8.39. The number of carbonyl (C=O) groups excluding carboxylic acids is 1. The van der Waals surface area contributed by atoms with Gasteiger partial charge in [-0.2, -0.15) is 0 Å². The summed E-state index contributed by atoms with van der Waals surface area (Å²) < 4.78 is 12.9. The monoisotopic (exact) mass is 493 g/mol. The van der Waals surface area contributed by atoms with Crippen LogP contribution in [0.3, 0.4) is 0 Å². The van der Waals surface area contributed by atoms with E-state index in [0.29, 0.717) is 38.8 Å². The lowest BCUT2D eigenvalue weighted by molar-refractivity contribution is -0.118. The lowest BCUT2D eigenvalue weighted by Gasteiger charge is -2.20. The minimum atomic E-state index is -0.951. The number of carbonyl (C=O) groups is 1. The van der Waals surface area contributed by atoms with Crippen molar-refractivity contribution in [3.8, 4) is 17.2 Å². The molecule has 1 amide bonds. The summed E-state index contributed by atoms with van der Waals surface area (Å²) in [5, 5.41) is 3.53. The maximum atomic E-state index is 13.6. The molecule has 0 bridgehead atoms. The molecule has 0 saturated carbocycles. The zero-order valence-corrected chi connectivity index (χ0v) is 20.4. The molecule has 0 saturated heterocycles. The van der Waals surface area contributed by atoms with Crippen molar-refractivity contribution >= 4 is 34.1 Å². The molecule has 35 heavy (non-hydrogen) atoms. The number of anilines is 1. The number of aromatic nitrogens is 2. The summed E-state index contributed by atoms with van der Waals surface area (Å²) in [5.41, 5.74) is 0.815. The van der Waals surface area contributed by atoms with Crippen LogP contribution < -0.4 is 26.0 Å². The van der Waals surface area contributed by atoms with Crippen molar-refractivity contribution in [2.24, 2.45) is 0 Å². The molecule has 1 atom stereocenters. The molecule has 0 spiro atoms. The number of hydrogen-bond acceptors (Lipinski definition) is 5. The Hall–Kier alpha value is -4.04. The van der Waals surface area contributed by atoms with Gasteiger partial charge in [-0.3, -0.25) is 14.2 Å². The minimum Gasteiger partial charge on any atom is -0.493 e. The Morgan fingerprint density at radius 3 is 2.37 bits per heavy atom. The van der Waals surface area contributed by atoms with E-state index < -0.39 is 23.2 Å². The van der Waals surface area contributed by atoms with E-state index in [2.05, 4.69) is 5.32 Å². The van der Waals surface area contributed by atoms with Crippen molar-refractivity contribution in [1.82, 2.24) is 9.13 Å². The van der Waals surface area contributed by atoms with Crippen LogP contribution >= 0.6 is 11.6 Å². The highest BCUT2D eigenvalue weighted by atomic mass is 35.5. The van der Waals surface area contributed by atoms with Gasteiger partial charge in [0.15, 0.2) is 11.5 Å². The Kier molecular flexibility index (Phi) is 6.66. The van der Waals surface area contributed by atoms with Crippen LogP contribution in [0.25, 0.3) is 16.6 Å². The van der Waals surface area contributed by atoms with Crippen molar-refractivity contribution < 1.29 is 14.3 Å². The highest BCUT2D eigenvalue weighted by Crippen LogP contribution is 2.30. The number of ether oxygens (including phenoxy) is 2. The number of nitrogens with zero attached hydrogens (tertiary/aromatic N) is 2. The van der Waals surface area contributed by atoms with E-state index in [9.17, 15) is 14.4 Å². The molecule has 0 aliphatic carbocycles. The van der Waals surface area contributed by atoms with Crippen molar-refractivity contribution in [3.63, 3.8) is 0 Å². The van der Waals surface area contributed by atoms with Gasteiger partial charge in [-0.05, 0) is 55.8 Å². The first-order valence-corrected chi connectivity index (χ1v) is 11.2. The van der Waals surface area contributed by atoms with E-state index >= 15 is 0 Å². The van der Waals surface area contributed by atoms with E-state index in [0.717, 1.165) is 10.1 Å². The zero-order chi connectivity index (χ0) is 25.3. The normalized spacial score (nSPS) is 11.8. The summed E-state index contributed by atoms with van der Waals surface area (Å²) in [6.45, 7) is 3.43. The lowest BCUT2D eigenvalue weighted by atomic mass is 10.2. The standard InChI is InChI=1S/C26H24ClN3O5/c1-15-9-11-18(14-20(15)27)30-25(32)19-7-5-6-8-21(19)29(26(30)33)16(2)24(31)28-17-10-12-22(34-3)23(13-17)35-4/h5-14,16H,1-4H3,(H,28,31)/t16-/m0/s1. The Morgan fingerprint density at radius 2 is 1.69 bits per heavy atom. The molecule has 9 heteroatoms. The van der Waals surface area contributed by atoms with Crippen LogP contribution in [0, 0.1) is 6.92 Å². The third-order valence-electron chi connectivity index (χ3n) is 5.83. The number of methoxy groups -OCH3 is 2. The SMILES string of the molecule is COc1ccc(NC(=O)[C@H](C)n2c(=O)n(-c3ccc(C)c(Cl)c3)c(=O)c3ccccc32)cc1OC. The molecule has 1 N–H and O–H groups in total. The van der Waals surface area contributed by atoms with Crippen molar-refractivity contribution in [2.45, 2.75) is 19.9 Å². The molecule has 4 aromatic rings. The summed E-state index contributed by atoms with van der Waals surface area (Å²) in [4.78, 5) is 40.2. The minimum absolute atomic E-state index is 0.301. The van der Waals surface area contributed by atoms with E-state index in [1.165, 1.54) is 18.8 Å². The number of hydrogen-bond donors (Lipinski definition) is 1. The smallest absolute Gasteiger partial charge is 0.336 e. The summed E-state index contributed by atoms with van der Waals surface area (Å²) in [7, 11) is 3.02. The van der Waals surface area contributed by atoms with Gasteiger partial charge in [-0.25, -0.2) is 9.36 Å². The van der Waals surface area contributed by atoms with Gasteiger partial charge >= 0.3 is 5.69 Å². The molecule has 1 aromatic heterocycles. The number of amides is 1. The highest BCUT2D eigenvalue weighted by Gasteiger charge is 2.23. The molecule has 3 aromatic carbocycles. The second kappa shape index (κ2) is 9.68. The van der Waals surface area contributed by atoms with Gasteiger partial charge in [0.05, 0.1) is 30.8 Å². The third-order valence-corrected chi connectivity index (χ3v) is 6.23. The average Bonchev–Trinajstić information content (AvgIpc) is 2.86. The predicted octanol–water partition coefficient (Wildman–Crippen LogP) is 4.33. The quantitative estimate of drug-likeness (QED) is 0.431. The molecular formula is C26H24ClN3O5. The third kappa shape index (κ3) is 4.40. The van der Waals surface area contributed by atoms with Gasteiger partial charge in [0.25, 0.3) is 5.56 Å². The molecule has 0 aliphatic rings. The Labute approximate surface area is 206 Å². The van der Waals surface area contributed by atoms with Crippen LogP contribution in [0.1, 0.15) is 18.5 Å². The number of nitrogens with one attached hydrogen (secondary N) is 1. The van der Waals surface area contributed by atoms with Gasteiger partial charge < -0.3 is 14.8 Å². The molecule has 0 unspecified atom stereocenters. The molecule has 1 heterocycles. The summed E-state index contributed by atoms with van der Waals surface area (Å²) in [5.74, 6) is 0.520. The first-order chi connectivity index (χ1) is 16.8. The lowest BCUT2D eigenvalue weighted by Crippen LogP contribution is -2.42. The Bertz CT molecular complexity index is 1560. The van der Waals surface area contributed by atoms with E-state index in [4.69, 9.17) is 21.1 Å². The fourth-order valence-electron chi connectivity index (χ4n) is 3.88. The van der Waals surface area contributed by atoms with Gasteiger partial charge in [-0.1, -0.05) is 29.8 Å². The number of fused-ring (bicyclic) bond motifs is 1. The van der Waals surface area contributed by atoms with Crippen molar-refractivity contribution in [3.05, 3.63) is 92.1 Å². The highest BCUT2D eigenvalue weighted by molar-refractivity contribution is 6.31. The topological polar surface area (TPSA) is 91.6 Å². The van der Waals surface area contributed by atoms with Crippen molar-refractivity contribution in [2.75, 3.05) is 19.5 Å². The maximum absolute atomic E-state index is 13.6. The first kappa shape index (κ1) is 24.1. The molecule has 4 rings (SSSR count). The van der Waals surface area contributed by atoms with Crippen LogP contribution in [-0.4, -0.2) is 29.3 Å². The second-order valence-electron chi connectivity index (χ2n) is 7.98. The number of para-hydroxylation sites is 1. The fourth-order valence-corrected chi connectivity index (χ4v) is 4.06. The predicted molar refractivity (Wildman–Crippen MR) is 136 cm³/mol. The molecular weight excluding hydrogens is 470 g/mol. The maximum Gasteiger partial charge on any atom is 0.336 e. The van der Waals surface area contributed by atoms with Crippen molar-refractivity contribution in [1.29, 1.82) is 0 Å². The zero-order valence-electron chi connectivity index (χ0n) is 19.7. The number of aryl methyl sites for hydroxylation is 1. The molecule has 0 fully saturated rings. The van der Waals surface area contributed by atoms with Crippen LogP contribution in [-0.2, 0) is 4.79 Å². The summed E-state index contributed by atoms with van der Waals surface area (Å²) >= 11 is 6.27. The van der Waals surface area contributed by atoms with E-state index in [1.54, 1.807) is 67.6 Å². The summed E-state index contributed by atoms with van der Waals surface area (Å²) in [6, 6.07) is 15.6. The molecule has 0 aliphatic heterocycles. The number of benzene rings is 3. The van der Waals surface area contributed by atoms with Gasteiger partial charge in [0.1, 0.15) is 6.04 Å². The Balaban J connectivity index is 1.84. The number of halogens is 1. The van der Waals surface area contributed by atoms with E-state index in [1.807, 2.05) is 6.92 Å². The van der Waals surface area contributed by atoms with Gasteiger partial charge in [-0.15, -0.1) is 0 Å². The van der Waals surface area contributed by atoms with Gasteiger partial charge in [0, 0.05) is 16.8 Å². The van der Waals surface area contributed by atoms with E-state index in [-0.39, 0.29) is 0 Å². The van der Waals surface area contributed by atoms with Crippen LogP contribution in [0.5, 0.6) is 11.5 Å². The molecule has 0 radical (unpaired) electrons. The largest absolute Gasteiger partial charge is 0.493 e. The van der Waals surface area contributed by atoms with Crippen LogP contribution in [0.4, 0.5) is 5.69 Å². The molecule has 8 nitrogen and oxygen atoms in total. The summed E-state index contributed by atoms with van der Waals surface area (Å²) in [6.07, 6.45) is 0. The molecule has 180 valence electrons. The number of rotatable bonds is 6. The average molecular weight is 494 g/mol. The van der Waals surface area contributed by atoms with Gasteiger partial charge in [0.2, 0.25) is 5.91 Å². The fraction of sp³-hybridized carbons (Fsp3) is 0.192. The Morgan fingerprint density at radius 1 is 0.971 bits per heavy atom. The van der Waals surface area contributed by atoms with Crippen LogP contribution in [0.2, 0.25) is 5.02 Å². The van der Waals surface area contributed by atoms with Crippen LogP contribution in [0.15, 0.2) is 70.3 Å².